The highest BCUT2D eigenvalue weighted by Gasteiger charge is 2.45. The van der Waals surface area contributed by atoms with Gasteiger partial charge in [-0.25, -0.2) is 0 Å². The zero-order chi connectivity index (χ0) is 25.4. The number of amides is 1. The van der Waals surface area contributed by atoms with E-state index in [1.807, 2.05) is 24.3 Å². The summed E-state index contributed by atoms with van der Waals surface area (Å²) in [5.74, 6) is -1.33. The highest BCUT2D eigenvalue weighted by atomic mass is 79.9. The lowest BCUT2D eigenvalue weighted by molar-refractivity contribution is -0.140. The Kier molecular flexibility index (Phi) is 10.6. The second-order valence-corrected chi connectivity index (χ2v) is 10.8. The number of halogens is 2. The lowest BCUT2D eigenvalue weighted by Crippen LogP contribution is -2.34. The van der Waals surface area contributed by atoms with Crippen molar-refractivity contribution in [2.45, 2.75) is 52.0 Å². The molecule has 7 heteroatoms. The third-order valence-corrected chi connectivity index (χ3v) is 7.37. The molecule has 35 heavy (non-hydrogen) atoms. The Labute approximate surface area is 225 Å². The Morgan fingerprint density at radius 2 is 1.54 bits per heavy atom. The summed E-state index contributed by atoms with van der Waals surface area (Å²) < 4.78 is 1.73. The number of hydrogen-bond donors (Lipinski definition) is 1. The van der Waals surface area contributed by atoms with Gasteiger partial charge in [-0.2, -0.15) is 0 Å². The van der Waals surface area contributed by atoms with E-state index in [9.17, 15) is 14.7 Å². The second kappa shape index (κ2) is 13.4. The van der Waals surface area contributed by atoms with Crippen molar-refractivity contribution >= 4 is 49.3 Å². The summed E-state index contributed by atoms with van der Waals surface area (Å²) in [5, 5.41) is 11.2. The number of nitrogens with zero attached hydrogens (tertiary/aromatic N) is 2. The van der Waals surface area contributed by atoms with Crippen LogP contribution in [-0.4, -0.2) is 52.8 Å². The molecule has 0 saturated carbocycles. The van der Waals surface area contributed by atoms with Crippen molar-refractivity contribution in [2.75, 3.05) is 26.2 Å². The van der Waals surface area contributed by atoms with E-state index in [4.69, 9.17) is 0 Å². The molecule has 2 aromatic carbocycles. The Balaban J connectivity index is 1.91. The number of hydrogen-bond acceptors (Lipinski definition) is 4. The Hall–Kier alpha value is -1.96. The minimum atomic E-state index is -0.635. The molecule has 0 spiro atoms. The van der Waals surface area contributed by atoms with Crippen molar-refractivity contribution in [3.8, 4) is 0 Å². The molecular weight excluding hydrogens is 572 g/mol. The molecule has 0 aliphatic carbocycles. The molecule has 0 aromatic heterocycles. The minimum Gasteiger partial charge on any atom is -0.507 e. The van der Waals surface area contributed by atoms with Crippen molar-refractivity contribution < 1.29 is 14.7 Å². The smallest absolute Gasteiger partial charge is 0.295 e. The van der Waals surface area contributed by atoms with Gasteiger partial charge in [0.25, 0.3) is 11.7 Å². The number of unbranched alkanes of at least 4 members (excludes halogenated alkanes) is 2. The maximum absolute atomic E-state index is 13.2. The highest BCUT2D eigenvalue weighted by molar-refractivity contribution is 9.10. The maximum Gasteiger partial charge on any atom is 0.295 e. The quantitative estimate of drug-likeness (QED) is 0.162. The molecule has 1 amide bonds. The predicted octanol–water partition coefficient (Wildman–Crippen LogP) is 6.93. The molecule has 0 radical (unpaired) electrons. The molecule has 3 rings (SSSR count). The van der Waals surface area contributed by atoms with Crippen LogP contribution in [0.3, 0.4) is 0 Å². The van der Waals surface area contributed by atoms with Crippen molar-refractivity contribution in [3.05, 3.63) is 74.2 Å². The first-order chi connectivity index (χ1) is 16.9. The molecule has 5 nitrogen and oxygen atoms in total. The molecule has 1 fully saturated rings. The molecule has 188 valence electrons. The summed E-state index contributed by atoms with van der Waals surface area (Å²) in [7, 11) is 0. The molecule has 1 aliphatic heterocycles. The van der Waals surface area contributed by atoms with Crippen molar-refractivity contribution in [3.63, 3.8) is 0 Å². The summed E-state index contributed by atoms with van der Waals surface area (Å²) >= 11 is 6.91. The second-order valence-electron chi connectivity index (χ2n) is 8.96. The van der Waals surface area contributed by atoms with E-state index < -0.39 is 17.7 Å². The van der Waals surface area contributed by atoms with Crippen LogP contribution in [0.5, 0.6) is 0 Å². The van der Waals surface area contributed by atoms with Gasteiger partial charge in [0.15, 0.2) is 0 Å². The molecule has 1 heterocycles. The monoisotopic (exact) mass is 604 g/mol. The molecule has 1 N–H and O–H groups in total. The normalized spacial score (nSPS) is 17.5. The van der Waals surface area contributed by atoms with Crippen LogP contribution >= 0.6 is 31.9 Å². The standard InChI is InChI=1S/C28H34Br2N2O3/c1-3-5-15-31(16-6-4-2)17-8-18-32-25(21-9-7-10-23(30)19-21)24(27(34)28(32)35)26(33)20-11-13-22(29)14-12-20/h7,9-14,19,25,33H,3-6,8,15-18H2,1-2H3. The van der Waals surface area contributed by atoms with E-state index in [2.05, 4.69) is 50.6 Å². The Morgan fingerprint density at radius 1 is 0.914 bits per heavy atom. The van der Waals surface area contributed by atoms with Gasteiger partial charge in [-0.1, -0.05) is 82.8 Å². The van der Waals surface area contributed by atoms with Gasteiger partial charge in [0, 0.05) is 21.1 Å². The van der Waals surface area contributed by atoms with Crippen molar-refractivity contribution in [1.29, 1.82) is 0 Å². The molecule has 2 aromatic rings. The minimum absolute atomic E-state index is 0.143. The van der Waals surface area contributed by atoms with Gasteiger partial charge in [0.2, 0.25) is 0 Å². The van der Waals surface area contributed by atoms with Crippen LogP contribution in [0.25, 0.3) is 5.76 Å². The zero-order valence-corrected chi connectivity index (χ0v) is 23.6. The first kappa shape index (κ1) is 27.6. The first-order valence-corrected chi connectivity index (χ1v) is 14.0. The third kappa shape index (κ3) is 7.05. The van der Waals surface area contributed by atoms with Gasteiger partial charge < -0.3 is 14.9 Å². The predicted molar refractivity (Wildman–Crippen MR) is 148 cm³/mol. The zero-order valence-electron chi connectivity index (χ0n) is 20.5. The Morgan fingerprint density at radius 3 is 2.14 bits per heavy atom. The van der Waals surface area contributed by atoms with Crippen molar-refractivity contribution in [2.24, 2.45) is 0 Å². The van der Waals surface area contributed by atoms with E-state index in [1.54, 1.807) is 29.2 Å². The number of carbonyl (C=O) groups is 2. The van der Waals surface area contributed by atoms with Gasteiger partial charge in [-0.15, -0.1) is 0 Å². The van der Waals surface area contributed by atoms with Gasteiger partial charge >= 0.3 is 0 Å². The van der Waals surface area contributed by atoms with E-state index in [0.29, 0.717) is 12.1 Å². The van der Waals surface area contributed by atoms with Crippen LogP contribution in [0.1, 0.15) is 63.1 Å². The van der Waals surface area contributed by atoms with Crippen LogP contribution in [0, 0.1) is 0 Å². The van der Waals surface area contributed by atoms with Crippen LogP contribution in [0.4, 0.5) is 0 Å². The topological polar surface area (TPSA) is 60.9 Å². The number of likely N-dealkylation sites (tertiary alicyclic amines) is 1. The van der Waals surface area contributed by atoms with E-state index >= 15 is 0 Å². The van der Waals surface area contributed by atoms with Gasteiger partial charge in [-0.05, 0) is 68.7 Å². The number of ketones is 1. The highest BCUT2D eigenvalue weighted by Crippen LogP contribution is 2.40. The largest absolute Gasteiger partial charge is 0.507 e. The SMILES string of the molecule is CCCCN(CCCC)CCCN1C(=O)C(=O)C(=C(O)c2ccc(Br)cc2)C1c1cccc(Br)c1. The number of carbonyl (C=O) groups excluding carboxylic acids is 2. The summed E-state index contributed by atoms with van der Waals surface area (Å²) in [6.45, 7) is 7.82. The van der Waals surface area contributed by atoms with E-state index in [-0.39, 0.29) is 11.3 Å². The van der Waals surface area contributed by atoms with Crippen LogP contribution in [-0.2, 0) is 9.59 Å². The summed E-state index contributed by atoms with van der Waals surface area (Å²) in [5.41, 5.74) is 1.45. The number of rotatable bonds is 12. The lowest BCUT2D eigenvalue weighted by atomic mass is 9.95. The van der Waals surface area contributed by atoms with Crippen LogP contribution < -0.4 is 0 Å². The third-order valence-electron chi connectivity index (χ3n) is 6.35. The fourth-order valence-electron chi connectivity index (χ4n) is 4.46. The van der Waals surface area contributed by atoms with E-state index in [0.717, 1.165) is 66.2 Å². The molecule has 1 atom stereocenters. The van der Waals surface area contributed by atoms with Crippen LogP contribution in [0.15, 0.2) is 63.0 Å². The molecule has 1 aliphatic rings. The van der Waals surface area contributed by atoms with E-state index in [1.165, 1.54) is 0 Å². The number of Topliss-reactive ketones (excluding diaryl/α,β-unsaturated/α-hetero) is 1. The van der Waals surface area contributed by atoms with Gasteiger partial charge in [0.1, 0.15) is 5.76 Å². The van der Waals surface area contributed by atoms with Crippen molar-refractivity contribution in [1.82, 2.24) is 9.80 Å². The summed E-state index contributed by atoms with van der Waals surface area (Å²) in [6.07, 6.45) is 5.37. The molecular formula is C28H34Br2N2O3. The molecule has 1 unspecified atom stereocenters. The fraction of sp³-hybridized carbons (Fsp3) is 0.429. The number of aliphatic hydroxyl groups excluding tert-OH is 1. The number of aliphatic hydroxyl groups is 1. The van der Waals surface area contributed by atoms with Crippen LogP contribution in [0.2, 0.25) is 0 Å². The lowest BCUT2D eigenvalue weighted by Gasteiger charge is -2.27. The maximum atomic E-state index is 13.2. The summed E-state index contributed by atoms with van der Waals surface area (Å²) in [6, 6.07) is 14.1. The first-order valence-electron chi connectivity index (χ1n) is 12.4. The fourth-order valence-corrected chi connectivity index (χ4v) is 5.14. The molecule has 1 saturated heterocycles. The average Bonchev–Trinajstić information content (AvgIpc) is 3.10. The molecule has 0 bridgehead atoms. The average molecular weight is 606 g/mol. The number of benzene rings is 2. The Bertz CT molecular complexity index is 1040. The summed E-state index contributed by atoms with van der Waals surface area (Å²) in [4.78, 5) is 30.5. The van der Waals surface area contributed by atoms with Gasteiger partial charge in [0.05, 0.1) is 11.6 Å². The van der Waals surface area contributed by atoms with Gasteiger partial charge in [-0.3, -0.25) is 9.59 Å².